The van der Waals surface area contributed by atoms with Crippen molar-refractivity contribution >= 4 is 28.1 Å². The minimum Gasteiger partial charge on any atom is -0.508 e. The minimum absolute atomic E-state index is 0.0133. The SMILES string of the molecule is Nc1nc2c(F)c(-c3nc4cc(O)cc5c4n3CCCCO5)cc(F)c2o1. The van der Waals surface area contributed by atoms with Crippen LogP contribution in [0.2, 0.25) is 0 Å². The van der Waals surface area contributed by atoms with E-state index in [0.717, 1.165) is 18.9 Å². The summed E-state index contributed by atoms with van der Waals surface area (Å²) in [5.74, 6) is -0.887. The number of nitrogens with zero attached hydrogens (tertiary/aromatic N) is 3. The average Bonchev–Trinajstić information content (AvgIpc) is 3.16. The number of aromatic nitrogens is 3. The Morgan fingerprint density at radius 3 is 2.85 bits per heavy atom. The van der Waals surface area contributed by atoms with E-state index in [1.54, 1.807) is 4.57 Å². The molecule has 1 aliphatic rings. The molecule has 27 heavy (non-hydrogen) atoms. The van der Waals surface area contributed by atoms with Gasteiger partial charge in [-0.2, -0.15) is 4.98 Å². The highest BCUT2D eigenvalue weighted by Gasteiger charge is 2.25. The third kappa shape index (κ3) is 2.31. The lowest BCUT2D eigenvalue weighted by Gasteiger charge is -2.16. The van der Waals surface area contributed by atoms with Crippen LogP contribution in [0.15, 0.2) is 22.6 Å². The van der Waals surface area contributed by atoms with E-state index in [9.17, 15) is 9.50 Å². The van der Waals surface area contributed by atoms with Gasteiger partial charge >= 0.3 is 0 Å². The summed E-state index contributed by atoms with van der Waals surface area (Å²) >= 11 is 0. The third-order valence-corrected chi connectivity index (χ3v) is 4.64. The number of oxazole rings is 1. The number of anilines is 1. The standard InChI is InChI=1S/C18H14F2N4O3/c19-10-7-9(13(20)14-16(10)27-18(21)23-14)17-22-11-5-8(25)6-12-15(11)24(17)3-1-2-4-26-12/h5-7,25H,1-4H2,(H2,21,23). The number of rotatable bonds is 1. The second kappa shape index (κ2) is 5.57. The molecule has 1 aliphatic heterocycles. The van der Waals surface area contributed by atoms with Crippen molar-refractivity contribution in [3.8, 4) is 22.9 Å². The lowest BCUT2D eigenvalue weighted by molar-refractivity contribution is 0.298. The highest BCUT2D eigenvalue weighted by Crippen LogP contribution is 2.38. The molecule has 0 amide bonds. The number of hydrogen-bond donors (Lipinski definition) is 2. The lowest BCUT2D eigenvalue weighted by Crippen LogP contribution is -2.09. The molecule has 138 valence electrons. The van der Waals surface area contributed by atoms with Crippen LogP contribution in [0.3, 0.4) is 0 Å². The van der Waals surface area contributed by atoms with Gasteiger partial charge in [0.1, 0.15) is 22.8 Å². The number of halogens is 2. The predicted molar refractivity (Wildman–Crippen MR) is 93.5 cm³/mol. The molecule has 9 heteroatoms. The van der Waals surface area contributed by atoms with Crippen molar-refractivity contribution in [2.24, 2.45) is 0 Å². The van der Waals surface area contributed by atoms with Crippen molar-refractivity contribution in [2.75, 3.05) is 12.3 Å². The number of phenols is 1. The van der Waals surface area contributed by atoms with E-state index in [4.69, 9.17) is 14.9 Å². The molecule has 0 saturated carbocycles. The number of hydrogen-bond acceptors (Lipinski definition) is 6. The fraction of sp³-hybridized carbons (Fsp3) is 0.222. The Morgan fingerprint density at radius 2 is 2.00 bits per heavy atom. The van der Waals surface area contributed by atoms with Gasteiger partial charge in [0, 0.05) is 18.7 Å². The summed E-state index contributed by atoms with van der Waals surface area (Å²) in [6.07, 6.45) is 1.56. The lowest BCUT2D eigenvalue weighted by atomic mass is 10.1. The van der Waals surface area contributed by atoms with Crippen LogP contribution in [0, 0.1) is 11.6 Å². The summed E-state index contributed by atoms with van der Waals surface area (Å²) in [6, 6.07) is 3.66. The van der Waals surface area contributed by atoms with Gasteiger partial charge in [0.25, 0.3) is 6.01 Å². The van der Waals surface area contributed by atoms with E-state index >= 15 is 4.39 Å². The summed E-state index contributed by atoms with van der Waals surface area (Å²) in [4.78, 5) is 8.18. The van der Waals surface area contributed by atoms with Crippen LogP contribution in [0.25, 0.3) is 33.5 Å². The second-order valence-electron chi connectivity index (χ2n) is 6.40. The molecule has 0 atom stereocenters. The van der Waals surface area contributed by atoms with Crippen LogP contribution in [-0.4, -0.2) is 26.2 Å². The largest absolute Gasteiger partial charge is 0.508 e. The van der Waals surface area contributed by atoms with E-state index in [0.29, 0.717) is 29.9 Å². The Kier molecular flexibility index (Phi) is 3.27. The Hall–Kier alpha value is -3.36. The molecule has 3 heterocycles. The van der Waals surface area contributed by atoms with Crippen molar-refractivity contribution < 1.29 is 23.0 Å². The van der Waals surface area contributed by atoms with Crippen molar-refractivity contribution in [1.29, 1.82) is 0 Å². The first-order valence-corrected chi connectivity index (χ1v) is 8.43. The smallest absolute Gasteiger partial charge is 0.293 e. The number of ether oxygens (including phenoxy) is 1. The number of aromatic hydroxyl groups is 1. The average molecular weight is 372 g/mol. The summed E-state index contributed by atoms with van der Waals surface area (Å²) in [5, 5.41) is 9.94. The zero-order valence-electron chi connectivity index (χ0n) is 14.0. The van der Waals surface area contributed by atoms with Gasteiger partial charge in [-0.15, -0.1) is 0 Å². The number of nitrogen functional groups attached to an aromatic ring is 1. The van der Waals surface area contributed by atoms with Gasteiger partial charge in [-0.05, 0) is 18.9 Å². The monoisotopic (exact) mass is 372 g/mol. The highest BCUT2D eigenvalue weighted by atomic mass is 19.1. The number of fused-ring (bicyclic) bond motifs is 1. The van der Waals surface area contributed by atoms with E-state index in [1.165, 1.54) is 12.1 Å². The van der Waals surface area contributed by atoms with Gasteiger partial charge in [0.2, 0.25) is 0 Å². The second-order valence-corrected chi connectivity index (χ2v) is 6.40. The molecular weight excluding hydrogens is 358 g/mol. The molecule has 3 N–H and O–H groups in total. The summed E-state index contributed by atoms with van der Waals surface area (Å²) in [7, 11) is 0. The van der Waals surface area contributed by atoms with Crippen molar-refractivity contribution in [1.82, 2.24) is 14.5 Å². The Bertz CT molecular complexity index is 1210. The quantitative estimate of drug-likeness (QED) is 0.530. The maximum atomic E-state index is 15.1. The van der Waals surface area contributed by atoms with Crippen LogP contribution in [0.1, 0.15) is 12.8 Å². The summed E-state index contributed by atoms with van der Waals surface area (Å²) < 4.78 is 42.0. The van der Waals surface area contributed by atoms with Gasteiger partial charge in [0.15, 0.2) is 22.7 Å². The molecule has 0 saturated heterocycles. The van der Waals surface area contributed by atoms with Gasteiger partial charge in [-0.1, -0.05) is 0 Å². The van der Waals surface area contributed by atoms with Crippen molar-refractivity contribution in [3.05, 3.63) is 29.8 Å². The van der Waals surface area contributed by atoms with E-state index in [1.807, 2.05) is 0 Å². The molecule has 0 bridgehead atoms. The van der Waals surface area contributed by atoms with Gasteiger partial charge in [0.05, 0.1) is 17.7 Å². The van der Waals surface area contributed by atoms with Crippen LogP contribution >= 0.6 is 0 Å². The van der Waals surface area contributed by atoms with E-state index < -0.39 is 11.6 Å². The number of benzene rings is 2. The molecule has 5 rings (SSSR count). The Labute approximate surface area is 151 Å². The first-order valence-electron chi connectivity index (χ1n) is 8.43. The topological polar surface area (TPSA) is 99.3 Å². The molecule has 2 aromatic heterocycles. The molecule has 0 radical (unpaired) electrons. The zero-order valence-corrected chi connectivity index (χ0v) is 14.0. The van der Waals surface area contributed by atoms with Crippen LogP contribution in [0.4, 0.5) is 14.8 Å². The zero-order chi connectivity index (χ0) is 18.7. The molecule has 0 fully saturated rings. The number of phenolic OH excluding ortho intramolecular Hbond substituents is 1. The van der Waals surface area contributed by atoms with Crippen molar-refractivity contribution in [2.45, 2.75) is 19.4 Å². The number of nitrogens with two attached hydrogens (primary N) is 1. The highest BCUT2D eigenvalue weighted by molar-refractivity contribution is 5.89. The molecule has 4 aromatic rings. The first kappa shape index (κ1) is 15.9. The maximum absolute atomic E-state index is 15.1. The molecule has 0 unspecified atom stereocenters. The van der Waals surface area contributed by atoms with E-state index in [2.05, 4.69) is 9.97 Å². The predicted octanol–water partition coefficient (Wildman–Crippen LogP) is 3.58. The van der Waals surface area contributed by atoms with Crippen molar-refractivity contribution in [3.63, 3.8) is 0 Å². The van der Waals surface area contributed by atoms with Gasteiger partial charge in [-0.3, -0.25) is 0 Å². The number of aryl methyl sites for hydroxylation is 1. The Balaban J connectivity index is 1.85. The Morgan fingerprint density at radius 1 is 1.15 bits per heavy atom. The summed E-state index contributed by atoms with van der Waals surface area (Å²) in [5.41, 5.74) is 5.82. The minimum atomic E-state index is -0.782. The third-order valence-electron chi connectivity index (χ3n) is 4.64. The maximum Gasteiger partial charge on any atom is 0.293 e. The fourth-order valence-electron chi connectivity index (χ4n) is 3.50. The van der Waals surface area contributed by atoms with Gasteiger partial charge < -0.3 is 24.6 Å². The molecule has 0 spiro atoms. The normalized spacial score (nSPS) is 14.3. The van der Waals surface area contributed by atoms with E-state index in [-0.39, 0.29) is 34.3 Å². The van der Waals surface area contributed by atoms with Gasteiger partial charge in [-0.25, -0.2) is 13.8 Å². The number of imidazole rings is 1. The molecule has 7 nitrogen and oxygen atoms in total. The molecule has 2 aromatic carbocycles. The first-order chi connectivity index (χ1) is 13.0. The van der Waals surface area contributed by atoms with Crippen LogP contribution < -0.4 is 10.5 Å². The van der Waals surface area contributed by atoms with Crippen LogP contribution in [-0.2, 0) is 6.54 Å². The molecular formula is C18H14F2N4O3. The summed E-state index contributed by atoms with van der Waals surface area (Å²) in [6.45, 7) is 1.05. The molecule has 0 aliphatic carbocycles. The fourth-order valence-corrected chi connectivity index (χ4v) is 3.50. The van der Waals surface area contributed by atoms with Crippen LogP contribution in [0.5, 0.6) is 11.5 Å².